The summed E-state index contributed by atoms with van der Waals surface area (Å²) in [6, 6.07) is 14.4. The highest BCUT2D eigenvalue weighted by Gasteiger charge is 2.23. The van der Waals surface area contributed by atoms with Crippen LogP contribution < -0.4 is 4.84 Å². The number of aromatic nitrogens is 2. The van der Waals surface area contributed by atoms with Crippen LogP contribution in [-0.4, -0.2) is 52.0 Å². The van der Waals surface area contributed by atoms with E-state index in [0.29, 0.717) is 13.1 Å². The Labute approximate surface area is 156 Å². The zero-order chi connectivity index (χ0) is 17.8. The predicted molar refractivity (Wildman–Crippen MR) is 101 cm³/mol. The highest BCUT2D eigenvalue weighted by atomic mass is 32.1. The van der Waals surface area contributed by atoms with Gasteiger partial charge >= 0.3 is 6.09 Å². The van der Waals surface area contributed by atoms with E-state index < -0.39 is 0 Å². The molecule has 0 atom stereocenters. The number of piperazine rings is 1. The van der Waals surface area contributed by atoms with Gasteiger partial charge in [-0.15, -0.1) is 16.4 Å². The third-order valence-electron chi connectivity index (χ3n) is 4.42. The Balaban J connectivity index is 1.28. The molecule has 2 aromatic heterocycles. The standard InChI is InChI=1S/C19H20N4O2S/c24-19(25-23-15-17(13-20-23)18-7-4-12-26-18)22-10-8-21(9-11-22)14-16-5-2-1-3-6-16/h1-7,12-13,15H,8-11,14H2. The van der Waals surface area contributed by atoms with Gasteiger partial charge in [-0.25, -0.2) is 4.79 Å². The number of benzene rings is 1. The van der Waals surface area contributed by atoms with Gasteiger partial charge in [0.25, 0.3) is 0 Å². The first kappa shape index (κ1) is 16.8. The molecule has 3 aromatic rings. The van der Waals surface area contributed by atoms with Crippen molar-refractivity contribution in [3.8, 4) is 10.4 Å². The fraction of sp³-hybridized carbons (Fsp3) is 0.263. The van der Waals surface area contributed by atoms with Gasteiger partial charge in [0.2, 0.25) is 0 Å². The van der Waals surface area contributed by atoms with Crippen molar-refractivity contribution in [2.75, 3.05) is 26.2 Å². The van der Waals surface area contributed by atoms with Crippen molar-refractivity contribution in [3.05, 3.63) is 65.8 Å². The fourth-order valence-electron chi connectivity index (χ4n) is 2.99. The Morgan fingerprint density at radius 3 is 2.62 bits per heavy atom. The molecule has 0 saturated carbocycles. The van der Waals surface area contributed by atoms with Crippen LogP contribution in [-0.2, 0) is 6.54 Å². The molecule has 7 heteroatoms. The zero-order valence-electron chi connectivity index (χ0n) is 14.3. The van der Waals surface area contributed by atoms with Crippen LogP contribution in [0, 0.1) is 0 Å². The number of carbonyl (C=O) groups is 1. The van der Waals surface area contributed by atoms with E-state index in [1.165, 1.54) is 10.4 Å². The SMILES string of the molecule is O=C(On1cc(-c2cccs2)cn1)N1CCN(Cc2ccccc2)CC1. The van der Waals surface area contributed by atoms with E-state index in [9.17, 15) is 4.79 Å². The van der Waals surface area contributed by atoms with Crippen LogP contribution in [0.2, 0.25) is 0 Å². The summed E-state index contributed by atoms with van der Waals surface area (Å²) in [6.07, 6.45) is 3.08. The Morgan fingerprint density at radius 2 is 1.88 bits per heavy atom. The van der Waals surface area contributed by atoms with Gasteiger partial charge in [0.1, 0.15) is 0 Å². The Bertz CT molecular complexity index is 840. The minimum Gasteiger partial charge on any atom is -0.304 e. The summed E-state index contributed by atoms with van der Waals surface area (Å²) in [5.74, 6) is 0. The number of thiophene rings is 1. The molecule has 6 nitrogen and oxygen atoms in total. The molecule has 26 heavy (non-hydrogen) atoms. The monoisotopic (exact) mass is 368 g/mol. The van der Waals surface area contributed by atoms with Gasteiger partial charge in [0.05, 0.1) is 12.4 Å². The molecule has 1 fully saturated rings. The topological polar surface area (TPSA) is 50.6 Å². The average Bonchev–Trinajstić information content (AvgIpc) is 3.35. The summed E-state index contributed by atoms with van der Waals surface area (Å²) < 4.78 is 0. The van der Waals surface area contributed by atoms with Gasteiger partial charge in [-0.05, 0) is 17.0 Å². The molecule has 0 bridgehead atoms. The van der Waals surface area contributed by atoms with Crippen LogP contribution in [0.5, 0.6) is 0 Å². The number of amides is 1. The number of carbonyl (C=O) groups excluding carboxylic acids is 1. The fourth-order valence-corrected chi connectivity index (χ4v) is 3.70. The third kappa shape index (κ3) is 3.95. The summed E-state index contributed by atoms with van der Waals surface area (Å²) >= 11 is 1.63. The lowest BCUT2D eigenvalue weighted by molar-refractivity contribution is 0.0579. The maximum Gasteiger partial charge on any atom is 0.436 e. The Kier molecular flexibility index (Phi) is 4.99. The van der Waals surface area contributed by atoms with E-state index in [4.69, 9.17) is 4.84 Å². The highest BCUT2D eigenvalue weighted by molar-refractivity contribution is 7.13. The number of rotatable bonds is 4. The highest BCUT2D eigenvalue weighted by Crippen LogP contribution is 2.23. The molecular weight excluding hydrogens is 348 g/mol. The van der Waals surface area contributed by atoms with E-state index >= 15 is 0 Å². The molecule has 0 spiro atoms. The number of hydrogen-bond donors (Lipinski definition) is 0. The van der Waals surface area contributed by atoms with Crippen LogP contribution in [0.1, 0.15) is 5.56 Å². The first-order valence-electron chi connectivity index (χ1n) is 8.60. The smallest absolute Gasteiger partial charge is 0.304 e. The summed E-state index contributed by atoms with van der Waals surface area (Å²) in [4.78, 5) is 24.1. The van der Waals surface area contributed by atoms with Crippen molar-refractivity contribution in [2.45, 2.75) is 6.54 Å². The zero-order valence-corrected chi connectivity index (χ0v) is 15.1. The molecule has 134 valence electrons. The lowest BCUT2D eigenvalue weighted by Crippen LogP contribution is -2.50. The molecule has 0 N–H and O–H groups in total. The van der Waals surface area contributed by atoms with E-state index in [2.05, 4.69) is 34.3 Å². The van der Waals surface area contributed by atoms with Gasteiger partial charge in [-0.3, -0.25) is 9.74 Å². The summed E-state index contributed by atoms with van der Waals surface area (Å²) in [5.41, 5.74) is 2.24. The van der Waals surface area contributed by atoms with Gasteiger partial charge < -0.3 is 4.90 Å². The summed E-state index contributed by atoms with van der Waals surface area (Å²) in [5, 5.41) is 6.13. The van der Waals surface area contributed by atoms with Crippen LogP contribution in [0.25, 0.3) is 10.4 Å². The lowest BCUT2D eigenvalue weighted by atomic mass is 10.2. The summed E-state index contributed by atoms with van der Waals surface area (Å²) in [7, 11) is 0. The molecule has 1 aliphatic rings. The molecule has 1 amide bonds. The average molecular weight is 368 g/mol. The molecule has 0 unspecified atom stereocenters. The Morgan fingerprint density at radius 1 is 1.08 bits per heavy atom. The molecule has 4 rings (SSSR count). The van der Waals surface area contributed by atoms with Crippen molar-refractivity contribution < 1.29 is 9.63 Å². The van der Waals surface area contributed by atoms with Crippen molar-refractivity contribution in [1.29, 1.82) is 0 Å². The maximum atomic E-state index is 12.4. The van der Waals surface area contributed by atoms with Gasteiger partial charge in [0.15, 0.2) is 0 Å². The van der Waals surface area contributed by atoms with Crippen molar-refractivity contribution in [3.63, 3.8) is 0 Å². The Hall–Kier alpha value is -2.64. The number of nitrogens with zero attached hydrogens (tertiary/aromatic N) is 4. The summed E-state index contributed by atoms with van der Waals surface area (Å²) in [6.45, 7) is 3.90. The molecular formula is C19H20N4O2S. The first-order valence-corrected chi connectivity index (χ1v) is 9.48. The maximum absolute atomic E-state index is 12.4. The van der Waals surface area contributed by atoms with Crippen molar-refractivity contribution in [1.82, 2.24) is 19.7 Å². The molecule has 1 aromatic carbocycles. The second-order valence-corrected chi connectivity index (χ2v) is 7.16. The van der Waals surface area contributed by atoms with Crippen molar-refractivity contribution >= 4 is 17.4 Å². The van der Waals surface area contributed by atoms with Crippen molar-refractivity contribution in [2.24, 2.45) is 0 Å². The molecule has 1 aliphatic heterocycles. The largest absolute Gasteiger partial charge is 0.436 e. The molecule has 1 saturated heterocycles. The van der Waals surface area contributed by atoms with Crippen LogP contribution in [0.3, 0.4) is 0 Å². The lowest BCUT2D eigenvalue weighted by Gasteiger charge is -2.33. The quantitative estimate of drug-likeness (QED) is 0.710. The first-order chi connectivity index (χ1) is 12.8. The van der Waals surface area contributed by atoms with E-state index in [0.717, 1.165) is 30.1 Å². The van der Waals surface area contributed by atoms with Crippen LogP contribution >= 0.6 is 11.3 Å². The second kappa shape index (κ2) is 7.72. The molecule has 0 radical (unpaired) electrons. The van der Waals surface area contributed by atoms with E-state index in [1.54, 1.807) is 28.6 Å². The minimum atomic E-state index is -0.356. The second-order valence-electron chi connectivity index (χ2n) is 6.21. The van der Waals surface area contributed by atoms with E-state index in [-0.39, 0.29) is 6.09 Å². The predicted octanol–water partition coefficient (Wildman–Crippen LogP) is 2.98. The van der Waals surface area contributed by atoms with Gasteiger partial charge in [0, 0.05) is 43.2 Å². The van der Waals surface area contributed by atoms with Gasteiger partial charge in [-0.1, -0.05) is 41.2 Å². The minimum absolute atomic E-state index is 0.356. The number of hydrogen-bond acceptors (Lipinski definition) is 5. The van der Waals surface area contributed by atoms with Crippen LogP contribution in [0.4, 0.5) is 4.79 Å². The molecule has 3 heterocycles. The normalized spacial score (nSPS) is 15.2. The van der Waals surface area contributed by atoms with Gasteiger partial charge in [-0.2, -0.15) is 0 Å². The molecule has 0 aliphatic carbocycles. The van der Waals surface area contributed by atoms with E-state index in [1.807, 2.05) is 23.6 Å². The van der Waals surface area contributed by atoms with Crippen LogP contribution in [0.15, 0.2) is 60.2 Å². The third-order valence-corrected chi connectivity index (χ3v) is 5.34.